The molecule has 0 saturated heterocycles. The van der Waals surface area contributed by atoms with E-state index in [9.17, 15) is 18.8 Å². The minimum atomic E-state index is -1.45. The number of aliphatic carboxylic acids is 1. The van der Waals surface area contributed by atoms with Crippen LogP contribution in [0.15, 0.2) is 18.2 Å². The molecule has 0 unspecified atom stereocenters. The van der Waals surface area contributed by atoms with E-state index in [4.69, 9.17) is 15.6 Å². The Morgan fingerprint density at radius 2 is 2.10 bits per heavy atom. The molecular weight excluding hydrogens is 271 g/mol. The highest BCUT2D eigenvalue weighted by Gasteiger charge is 2.23. The fraction of sp³-hybridized carbons (Fsp3) is 0.250. The van der Waals surface area contributed by atoms with Crippen molar-refractivity contribution in [1.82, 2.24) is 5.32 Å². The molecule has 20 heavy (non-hydrogen) atoms. The largest absolute Gasteiger partial charge is 0.494 e. The van der Waals surface area contributed by atoms with E-state index >= 15 is 0 Å². The van der Waals surface area contributed by atoms with Gasteiger partial charge in [-0.15, -0.1) is 0 Å². The number of carboxylic acids is 1. The number of methoxy groups -OCH3 is 1. The van der Waals surface area contributed by atoms with Gasteiger partial charge in [-0.1, -0.05) is 0 Å². The molecule has 2 amide bonds. The van der Waals surface area contributed by atoms with Gasteiger partial charge in [-0.2, -0.15) is 0 Å². The minimum absolute atomic E-state index is 0.000953. The van der Waals surface area contributed by atoms with E-state index in [1.54, 1.807) is 0 Å². The number of rotatable bonds is 6. The average Bonchev–Trinajstić information content (AvgIpc) is 2.37. The van der Waals surface area contributed by atoms with Gasteiger partial charge in [0.05, 0.1) is 13.5 Å². The Balaban J connectivity index is 2.88. The first-order valence-corrected chi connectivity index (χ1v) is 5.50. The topological polar surface area (TPSA) is 119 Å². The summed E-state index contributed by atoms with van der Waals surface area (Å²) in [7, 11) is 1.23. The Morgan fingerprint density at radius 1 is 1.45 bits per heavy atom. The van der Waals surface area contributed by atoms with Crippen LogP contribution in [0.3, 0.4) is 0 Å². The van der Waals surface area contributed by atoms with E-state index in [-0.39, 0.29) is 11.3 Å². The highest BCUT2D eigenvalue weighted by Crippen LogP contribution is 2.18. The van der Waals surface area contributed by atoms with Crippen LogP contribution in [0.2, 0.25) is 0 Å². The van der Waals surface area contributed by atoms with Gasteiger partial charge in [-0.3, -0.25) is 9.59 Å². The molecule has 1 atom stereocenters. The van der Waals surface area contributed by atoms with E-state index in [0.717, 1.165) is 18.2 Å². The third-order valence-corrected chi connectivity index (χ3v) is 2.42. The van der Waals surface area contributed by atoms with E-state index < -0.39 is 36.1 Å². The second-order valence-electron chi connectivity index (χ2n) is 3.88. The summed E-state index contributed by atoms with van der Waals surface area (Å²) in [5.74, 6) is -3.85. The highest BCUT2D eigenvalue weighted by atomic mass is 19.1. The van der Waals surface area contributed by atoms with E-state index in [1.165, 1.54) is 7.11 Å². The van der Waals surface area contributed by atoms with Crippen LogP contribution in [0, 0.1) is 5.82 Å². The monoisotopic (exact) mass is 284 g/mol. The molecule has 0 aliphatic heterocycles. The fourth-order valence-corrected chi connectivity index (χ4v) is 1.44. The number of benzene rings is 1. The molecule has 0 radical (unpaired) electrons. The summed E-state index contributed by atoms with van der Waals surface area (Å²) >= 11 is 0. The lowest BCUT2D eigenvalue weighted by Crippen LogP contribution is -2.43. The van der Waals surface area contributed by atoms with Gasteiger partial charge in [-0.25, -0.2) is 9.18 Å². The summed E-state index contributed by atoms with van der Waals surface area (Å²) in [6.07, 6.45) is -0.542. The maximum Gasteiger partial charge on any atom is 0.326 e. The molecule has 0 aromatic heterocycles. The van der Waals surface area contributed by atoms with Crippen molar-refractivity contribution in [2.24, 2.45) is 5.73 Å². The molecule has 0 fully saturated rings. The summed E-state index contributed by atoms with van der Waals surface area (Å²) in [6, 6.07) is 1.85. The summed E-state index contributed by atoms with van der Waals surface area (Å²) in [5.41, 5.74) is 4.89. The number of carbonyl (C=O) groups excluding carboxylic acids is 2. The number of hydrogen-bond acceptors (Lipinski definition) is 4. The Kier molecular flexibility index (Phi) is 5.01. The molecule has 1 rings (SSSR count). The van der Waals surface area contributed by atoms with Crippen LogP contribution in [0.1, 0.15) is 16.8 Å². The lowest BCUT2D eigenvalue weighted by molar-refractivity contribution is -0.140. The summed E-state index contributed by atoms with van der Waals surface area (Å²) in [6.45, 7) is 0. The molecule has 0 aliphatic rings. The predicted octanol–water partition coefficient (Wildman–Crippen LogP) is -0.107. The average molecular weight is 284 g/mol. The first-order chi connectivity index (χ1) is 9.35. The Labute approximate surface area is 113 Å². The number of carboxylic acid groups (broad SMARTS) is 1. The number of hydrogen-bond donors (Lipinski definition) is 3. The molecular formula is C12H13FN2O5. The lowest BCUT2D eigenvalue weighted by Gasteiger charge is -2.13. The van der Waals surface area contributed by atoms with Crippen molar-refractivity contribution in [3.05, 3.63) is 29.6 Å². The van der Waals surface area contributed by atoms with Crippen molar-refractivity contribution < 1.29 is 28.6 Å². The zero-order chi connectivity index (χ0) is 15.3. The van der Waals surface area contributed by atoms with Crippen LogP contribution >= 0.6 is 0 Å². The second-order valence-corrected chi connectivity index (χ2v) is 3.88. The number of ether oxygens (including phenoxy) is 1. The molecule has 0 spiro atoms. The maximum atomic E-state index is 13.2. The molecule has 1 aromatic rings. The first-order valence-electron chi connectivity index (χ1n) is 5.50. The zero-order valence-electron chi connectivity index (χ0n) is 10.6. The Bertz CT molecular complexity index is 547. The fourth-order valence-electron chi connectivity index (χ4n) is 1.44. The number of amides is 2. The molecule has 0 heterocycles. The molecule has 1 aromatic carbocycles. The molecule has 0 saturated carbocycles. The van der Waals surface area contributed by atoms with Gasteiger partial charge in [0.1, 0.15) is 6.04 Å². The van der Waals surface area contributed by atoms with E-state index in [0.29, 0.717) is 0 Å². The van der Waals surface area contributed by atoms with Crippen LogP contribution < -0.4 is 15.8 Å². The normalized spacial score (nSPS) is 11.5. The molecule has 108 valence electrons. The first kappa shape index (κ1) is 15.4. The number of primary amides is 1. The van der Waals surface area contributed by atoms with Gasteiger partial charge in [0.2, 0.25) is 5.91 Å². The molecule has 0 bridgehead atoms. The van der Waals surface area contributed by atoms with Gasteiger partial charge in [0, 0.05) is 5.56 Å². The number of carbonyl (C=O) groups is 3. The van der Waals surface area contributed by atoms with Crippen LogP contribution in [-0.4, -0.2) is 36.0 Å². The van der Waals surface area contributed by atoms with Gasteiger partial charge in [-0.05, 0) is 18.2 Å². The lowest BCUT2D eigenvalue weighted by atomic mass is 10.1. The standard InChI is InChI=1S/C12H13FN2O5/c1-20-9-4-6(2-3-7(9)13)11(17)15-8(12(18)19)5-10(14)16/h2-4,8H,5H2,1H3,(H2,14,16)(H,15,17)(H,18,19)/t8-/m0/s1. The van der Waals surface area contributed by atoms with Gasteiger partial charge < -0.3 is 20.9 Å². The van der Waals surface area contributed by atoms with Crippen molar-refractivity contribution in [2.45, 2.75) is 12.5 Å². The van der Waals surface area contributed by atoms with Crippen LogP contribution in [-0.2, 0) is 9.59 Å². The van der Waals surface area contributed by atoms with Crippen molar-refractivity contribution in [1.29, 1.82) is 0 Å². The highest BCUT2D eigenvalue weighted by molar-refractivity contribution is 5.97. The van der Waals surface area contributed by atoms with Crippen molar-refractivity contribution in [3.63, 3.8) is 0 Å². The summed E-state index contributed by atoms with van der Waals surface area (Å²) in [5, 5.41) is 11.0. The van der Waals surface area contributed by atoms with Gasteiger partial charge in [0.15, 0.2) is 11.6 Å². The van der Waals surface area contributed by atoms with Crippen molar-refractivity contribution in [3.8, 4) is 5.75 Å². The smallest absolute Gasteiger partial charge is 0.326 e. The van der Waals surface area contributed by atoms with Crippen LogP contribution in [0.4, 0.5) is 4.39 Å². The van der Waals surface area contributed by atoms with E-state index in [2.05, 4.69) is 5.32 Å². The quantitative estimate of drug-likeness (QED) is 0.673. The van der Waals surface area contributed by atoms with E-state index in [1.807, 2.05) is 0 Å². The number of nitrogens with two attached hydrogens (primary N) is 1. The Hall–Kier alpha value is -2.64. The number of nitrogens with one attached hydrogen (secondary N) is 1. The third kappa shape index (κ3) is 3.94. The van der Waals surface area contributed by atoms with Gasteiger partial charge in [0.25, 0.3) is 5.91 Å². The van der Waals surface area contributed by atoms with Crippen LogP contribution in [0.5, 0.6) is 5.75 Å². The molecule has 8 heteroatoms. The summed E-state index contributed by atoms with van der Waals surface area (Å²) in [4.78, 5) is 33.4. The second kappa shape index (κ2) is 6.50. The number of halogens is 1. The molecule has 7 nitrogen and oxygen atoms in total. The van der Waals surface area contributed by atoms with Crippen LogP contribution in [0.25, 0.3) is 0 Å². The summed E-state index contributed by atoms with van der Waals surface area (Å²) < 4.78 is 17.9. The molecule has 4 N–H and O–H groups in total. The minimum Gasteiger partial charge on any atom is -0.494 e. The van der Waals surface area contributed by atoms with Gasteiger partial charge >= 0.3 is 5.97 Å². The van der Waals surface area contributed by atoms with Crippen molar-refractivity contribution in [2.75, 3.05) is 7.11 Å². The molecule has 0 aliphatic carbocycles. The SMILES string of the molecule is COc1cc(C(=O)N[C@@H](CC(N)=O)C(=O)O)ccc1F. The maximum absolute atomic E-state index is 13.2. The predicted molar refractivity (Wildman–Crippen MR) is 65.7 cm³/mol. The van der Waals surface area contributed by atoms with Crippen molar-refractivity contribution >= 4 is 17.8 Å². The Morgan fingerprint density at radius 3 is 2.60 bits per heavy atom. The third-order valence-electron chi connectivity index (χ3n) is 2.42. The zero-order valence-corrected chi connectivity index (χ0v) is 10.6.